The fourth-order valence-electron chi connectivity index (χ4n) is 3.01. The lowest BCUT2D eigenvalue weighted by Crippen LogP contribution is -1.94. The van der Waals surface area contributed by atoms with E-state index in [9.17, 15) is 0 Å². The van der Waals surface area contributed by atoms with Gasteiger partial charge in [0.05, 0.1) is 5.38 Å². The molecule has 0 aromatic heterocycles. The highest BCUT2D eigenvalue weighted by atomic mass is 35.5. The molecule has 1 atom stereocenters. The van der Waals surface area contributed by atoms with E-state index in [4.69, 9.17) is 11.6 Å². The van der Waals surface area contributed by atoms with Crippen molar-refractivity contribution in [2.45, 2.75) is 64.2 Å². The molecule has 21 heavy (non-hydrogen) atoms. The van der Waals surface area contributed by atoms with Gasteiger partial charge in [0, 0.05) is 0 Å². The first-order valence-electron chi connectivity index (χ1n) is 8.36. The van der Waals surface area contributed by atoms with Gasteiger partial charge in [-0.25, -0.2) is 0 Å². The monoisotopic (exact) mass is 302 g/mol. The third-order valence-electron chi connectivity index (χ3n) is 4.32. The van der Waals surface area contributed by atoms with Crippen molar-refractivity contribution in [3.05, 3.63) is 47.5 Å². The number of alkyl halides is 1. The molecule has 2 rings (SSSR count). The van der Waals surface area contributed by atoms with Gasteiger partial charge in [-0.05, 0) is 35.2 Å². The van der Waals surface area contributed by atoms with E-state index in [1.165, 1.54) is 60.4 Å². The zero-order valence-corrected chi connectivity index (χ0v) is 14.1. The van der Waals surface area contributed by atoms with E-state index in [2.05, 4.69) is 50.2 Å². The van der Waals surface area contributed by atoms with Crippen LogP contribution in [0.15, 0.2) is 36.4 Å². The Morgan fingerprint density at radius 2 is 1.52 bits per heavy atom. The number of benzene rings is 2. The van der Waals surface area contributed by atoms with E-state index in [-0.39, 0.29) is 5.38 Å². The molecule has 0 saturated carbocycles. The second-order valence-electron chi connectivity index (χ2n) is 6.04. The lowest BCUT2D eigenvalue weighted by Gasteiger charge is -2.14. The SMILES string of the molecule is CCCCCCCCC(Cl)c1ccc(C)c2ccccc12. The zero-order valence-electron chi connectivity index (χ0n) is 13.4. The van der Waals surface area contributed by atoms with Crippen molar-refractivity contribution >= 4 is 22.4 Å². The fourth-order valence-corrected chi connectivity index (χ4v) is 3.35. The van der Waals surface area contributed by atoms with Gasteiger partial charge >= 0.3 is 0 Å². The summed E-state index contributed by atoms with van der Waals surface area (Å²) >= 11 is 6.68. The lowest BCUT2D eigenvalue weighted by atomic mass is 9.96. The fraction of sp³-hybridized carbons (Fsp3) is 0.500. The number of halogens is 1. The summed E-state index contributed by atoms with van der Waals surface area (Å²) in [5.41, 5.74) is 2.63. The molecule has 1 heteroatoms. The molecule has 2 aromatic carbocycles. The van der Waals surface area contributed by atoms with Crippen LogP contribution in [0.5, 0.6) is 0 Å². The number of aryl methyl sites for hydroxylation is 1. The quantitative estimate of drug-likeness (QED) is 0.358. The Morgan fingerprint density at radius 1 is 0.857 bits per heavy atom. The minimum absolute atomic E-state index is 0.140. The molecule has 0 heterocycles. The van der Waals surface area contributed by atoms with Crippen LogP contribution in [0.3, 0.4) is 0 Å². The third-order valence-corrected chi connectivity index (χ3v) is 4.78. The molecule has 0 N–H and O–H groups in total. The summed E-state index contributed by atoms with van der Waals surface area (Å²) in [6.07, 6.45) is 9.04. The van der Waals surface area contributed by atoms with Gasteiger partial charge in [0.2, 0.25) is 0 Å². The molecule has 0 aliphatic rings. The highest BCUT2D eigenvalue weighted by Crippen LogP contribution is 2.33. The van der Waals surface area contributed by atoms with Crippen molar-refractivity contribution in [3.63, 3.8) is 0 Å². The Balaban J connectivity index is 1.97. The van der Waals surface area contributed by atoms with Crippen molar-refractivity contribution in [3.8, 4) is 0 Å². The van der Waals surface area contributed by atoms with Crippen LogP contribution in [-0.2, 0) is 0 Å². The van der Waals surface area contributed by atoms with E-state index in [0.717, 1.165) is 6.42 Å². The Kier molecular flexibility index (Phi) is 6.57. The van der Waals surface area contributed by atoms with Crippen molar-refractivity contribution in [1.29, 1.82) is 0 Å². The van der Waals surface area contributed by atoms with Crippen molar-refractivity contribution in [2.75, 3.05) is 0 Å². The molecular weight excluding hydrogens is 276 g/mol. The van der Waals surface area contributed by atoms with E-state index in [1.807, 2.05) is 0 Å². The summed E-state index contributed by atoms with van der Waals surface area (Å²) in [7, 11) is 0. The molecule has 1 unspecified atom stereocenters. The van der Waals surface area contributed by atoms with Crippen molar-refractivity contribution < 1.29 is 0 Å². The second kappa shape index (κ2) is 8.44. The van der Waals surface area contributed by atoms with E-state index < -0.39 is 0 Å². The zero-order chi connectivity index (χ0) is 15.1. The number of unbranched alkanes of at least 4 members (excludes halogenated alkanes) is 5. The van der Waals surface area contributed by atoms with Gasteiger partial charge in [-0.3, -0.25) is 0 Å². The lowest BCUT2D eigenvalue weighted by molar-refractivity contribution is 0.585. The minimum Gasteiger partial charge on any atom is -0.118 e. The van der Waals surface area contributed by atoms with Crippen LogP contribution in [0.25, 0.3) is 10.8 Å². The number of hydrogen-bond acceptors (Lipinski definition) is 0. The van der Waals surface area contributed by atoms with Gasteiger partial charge in [-0.15, -0.1) is 11.6 Å². The molecule has 0 saturated heterocycles. The van der Waals surface area contributed by atoms with Crippen LogP contribution in [0, 0.1) is 6.92 Å². The number of hydrogen-bond donors (Lipinski definition) is 0. The molecule has 0 spiro atoms. The summed E-state index contributed by atoms with van der Waals surface area (Å²) < 4.78 is 0. The highest BCUT2D eigenvalue weighted by Gasteiger charge is 2.12. The van der Waals surface area contributed by atoms with Crippen LogP contribution >= 0.6 is 11.6 Å². The average molecular weight is 303 g/mol. The molecule has 2 aromatic rings. The van der Waals surface area contributed by atoms with Gasteiger partial charge in [-0.1, -0.05) is 81.8 Å². The van der Waals surface area contributed by atoms with Gasteiger partial charge < -0.3 is 0 Å². The van der Waals surface area contributed by atoms with E-state index in [0.29, 0.717) is 0 Å². The molecule has 0 aliphatic heterocycles. The third kappa shape index (κ3) is 4.48. The minimum atomic E-state index is 0.140. The van der Waals surface area contributed by atoms with Crippen LogP contribution in [0.2, 0.25) is 0 Å². The molecule has 0 bridgehead atoms. The van der Waals surface area contributed by atoms with Gasteiger partial charge in [0.1, 0.15) is 0 Å². The molecular formula is C20H27Cl. The first-order valence-corrected chi connectivity index (χ1v) is 8.80. The summed E-state index contributed by atoms with van der Waals surface area (Å²) in [4.78, 5) is 0. The Bertz CT molecular complexity index is 559. The van der Waals surface area contributed by atoms with E-state index >= 15 is 0 Å². The summed E-state index contributed by atoms with van der Waals surface area (Å²) in [5, 5.41) is 2.80. The first kappa shape index (κ1) is 16.4. The maximum Gasteiger partial charge on any atom is 0.0591 e. The van der Waals surface area contributed by atoms with E-state index in [1.54, 1.807) is 0 Å². The standard InChI is InChI=1S/C20H27Cl/c1-3-4-5-6-7-8-13-20(21)19-15-14-16(2)17-11-9-10-12-18(17)19/h9-12,14-15,20H,3-8,13H2,1-2H3. The molecule has 0 amide bonds. The van der Waals surface area contributed by atoms with Crippen molar-refractivity contribution in [1.82, 2.24) is 0 Å². The second-order valence-corrected chi connectivity index (χ2v) is 6.57. The maximum absolute atomic E-state index is 6.68. The van der Waals surface area contributed by atoms with Gasteiger partial charge in [0.25, 0.3) is 0 Å². The van der Waals surface area contributed by atoms with Crippen LogP contribution < -0.4 is 0 Å². The van der Waals surface area contributed by atoms with Crippen molar-refractivity contribution in [2.24, 2.45) is 0 Å². The van der Waals surface area contributed by atoms with Crippen LogP contribution in [-0.4, -0.2) is 0 Å². The molecule has 0 nitrogen and oxygen atoms in total. The molecule has 0 aliphatic carbocycles. The Labute approximate surface area is 134 Å². The predicted molar refractivity (Wildman–Crippen MR) is 95.3 cm³/mol. The van der Waals surface area contributed by atoms with Crippen LogP contribution in [0.1, 0.15) is 68.4 Å². The number of rotatable bonds is 8. The van der Waals surface area contributed by atoms with Gasteiger partial charge in [-0.2, -0.15) is 0 Å². The predicted octanol–water partition coefficient (Wildman–Crippen LogP) is 7.18. The topological polar surface area (TPSA) is 0 Å². The smallest absolute Gasteiger partial charge is 0.0591 e. The normalized spacial score (nSPS) is 12.7. The summed E-state index contributed by atoms with van der Waals surface area (Å²) in [5.74, 6) is 0. The average Bonchev–Trinajstić information content (AvgIpc) is 2.51. The largest absolute Gasteiger partial charge is 0.118 e. The van der Waals surface area contributed by atoms with Crippen LogP contribution in [0.4, 0.5) is 0 Å². The summed E-state index contributed by atoms with van der Waals surface area (Å²) in [6, 6.07) is 13.0. The first-order chi connectivity index (χ1) is 10.2. The molecule has 0 radical (unpaired) electrons. The molecule has 114 valence electrons. The highest BCUT2D eigenvalue weighted by molar-refractivity contribution is 6.21. The Hall–Kier alpha value is -1.01. The summed E-state index contributed by atoms with van der Waals surface area (Å²) in [6.45, 7) is 4.43. The maximum atomic E-state index is 6.68. The molecule has 0 fully saturated rings. The number of fused-ring (bicyclic) bond motifs is 1. The van der Waals surface area contributed by atoms with Gasteiger partial charge in [0.15, 0.2) is 0 Å². The Morgan fingerprint density at radius 3 is 2.29 bits per heavy atom.